The van der Waals surface area contributed by atoms with Crippen molar-refractivity contribution in [3.8, 4) is 11.1 Å². The fourth-order valence-electron chi connectivity index (χ4n) is 2.68. The lowest BCUT2D eigenvalue weighted by molar-refractivity contribution is 0.608. The van der Waals surface area contributed by atoms with Crippen LogP contribution in [0.1, 0.15) is 31.9 Å². The van der Waals surface area contributed by atoms with E-state index < -0.39 is 0 Å². The van der Waals surface area contributed by atoms with E-state index in [0.717, 1.165) is 17.7 Å². The quantitative estimate of drug-likeness (QED) is 0.899. The Hall–Kier alpha value is -1.84. The Balaban J connectivity index is 2.18. The van der Waals surface area contributed by atoms with Crippen LogP contribution in [0.15, 0.2) is 24.3 Å². The van der Waals surface area contributed by atoms with Crippen LogP contribution in [0.3, 0.4) is 0 Å². The van der Waals surface area contributed by atoms with Crippen molar-refractivity contribution in [2.75, 3.05) is 5.73 Å². The normalized spacial score (nSPS) is 20.5. The molecule has 4 heteroatoms. The molecule has 0 bridgehead atoms. The van der Waals surface area contributed by atoms with E-state index in [1.807, 2.05) is 6.07 Å². The Kier molecular flexibility index (Phi) is 2.46. The molecule has 2 aromatic rings. The molecule has 2 N–H and O–H groups in total. The number of aromatic nitrogens is 2. The number of benzene rings is 1. The first-order valence-corrected chi connectivity index (χ1v) is 6.49. The SMILES string of the molecule is Cn1nc(C2CC2(C)C)c(-c2ccccc2F)c1N. The van der Waals surface area contributed by atoms with Gasteiger partial charge in [-0.25, -0.2) is 4.39 Å². The highest BCUT2D eigenvalue weighted by atomic mass is 19.1. The first kappa shape index (κ1) is 12.2. The molecule has 0 amide bonds. The van der Waals surface area contributed by atoms with Crippen molar-refractivity contribution in [2.45, 2.75) is 26.2 Å². The Morgan fingerprint density at radius 3 is 2.58 bits per heavy atom. The Labute approximate surface area is 112 Å². The standard InChI is InChI=1S/C15H18FN3/c1-15(2)8-10(15)13-12(14(17)19(3)18-13)9-6-4-5-7-11(9)16/h4-7,10H,8,17H2,1-3H3. The lowest BCUT2D eigenvalue weighted by Gasteiger charge is -2.06. The fraction of sp³-hybridized carbons (Fsp3) is 0.400. The molecule has 1 unspecified atom stereocenters. The third kappa shape index (κ3) is 1.82. The van der Waals surface area contributed by atoms with Crippen molar-refractivity contribution < 1.29 is 4.39 Å². The summed E-state index contributed by atoms with van der Waals surface area (Å²) in [5.41, 5.74) is 8.56. The number of anilines is 1. The van der Waals surface area contributed by atoms with Gasteiger partial charge in [-0.1, -0.05) is 32.0 Å². The molecule has 0 spiro atoms. The summed E-state index contributed by atoms with van der Waals surface area (Å²) in [7, 11) is 1.80. The number of hydrogen-bond acceptors (Lipinski definition) is 2. The van der Waals surface area contributed by atoms with Crippen LogP contribution in [-0.4, -0.2) is 9.78 Å². The van der Waals surface area contributed by atoms with Gasteiger partial charge in [0.05, 0.1) is 11.3 Å². The minimum absolute atomic E-state index is 0.237. The molecule has 1 aliphatic rings. The molecule has 19 heavy (non-hydrogen) atoms. The van der Waals surface area contributed by atoms with E-state index in [0.29, 0.717) is 17.3 Å². The monoisotopic (exact) mass is 259 g/mol. The summed E-state index contributed by atoms with van der Waals surface area (Å²) >= 11 is 0. The second-order valence-electron chi connectivity index (χ2n) is 5.99. The maximum atomic E-state index is 14.0. The van der Waals surface area contributed by atoms with Crippen LogP contribution in [0.4, 0.5) is 10.2 Å². The first-order valence-electron chi connectivity index (χ1n) is 6.49. The zero-order valence-corrected chi connectivity index (χ0v) is 11.4. The third-order valence-electron chi connectivity index (χ3n) is 4.11. The van der Waals surface area contributed by atoms with Crippen molar-refractivity contribution in [3.05, 3.63) is 35.8 Å². The molecular formula is C15H18FN3. The Morgan fingerprint density at radius 1 is 1.37 bits per heavy atom. The van der Waals surface area contributed by atoms with Gasteiger partial charge >= 0.3 is 0 Å². The second-order valence-corrected chi connectivity index (χ2v) is 5.99. The van der Waals surface area contributed by atoms with E-state index in [-0.39, 0.29) is 11.2 Å². The number of halogens is 1. The van der Waals surface area contributed by atoms with Gasteiger partial charge in [-0.15, -0.1) is 0 Å². The summed E-state index contributed by atoms with van der Waals surface area (Å²) in [5.74, 6) is 0.648. The molecule has 1 saturated carbocycles. The lowest BCUT2D eigenvalue weighted by atomic mass is 9.99. The van der Waals surface area contributed by atoms with Crippen LogP contribution in [0.5, 0.6) is 0 Å². The van der Waals surface area contributed by atoms with Crippen molar-refractivity contribution in [3.63, 3.8) is 0 Å². The number of rotatable bonds is 2. The largest absolute Gasteiger partial charge is 0.383 e. The lowest BCUT2D eigenvalue weighted by Crippen LogP contribution is -1.98. The predicted molar refractivity (Wildman–Crippen MR) is 74.2 cm³/mol. The van der Waals surface area contributed by atoms with Crippen LogP contribution in [-0.2, 0) is 7.05 Å². The highest BCUT2D eigenvalue weighted by Gasteiger charge is 2.49. The van der Waals surface area contributed by atoms with E-state index in [1.54, 1.807) is 23.9 Å². The molecule has 3 nitrogen and oxygen atoms in total. The summed E-state index contributed by atoms with van der Waals surface area (Å²) in [5, 5.41) is 4.51. The van der Waals surface area contributed by atoms with Gasteiger partial charge in [0.2, 0.25) is 0 Å². The van der Waals surface area contributed by atoms with Crippen LogP contribution >= 0.6 is 0 Å². The molecule has 1 aromatic heterocycles. The maximum Gasteiger partial charge on any atom is 0.131 e. The number of nitrogen functional groups attached to an aromatic ring is 1. The predicted octanol–water partition coefficient (Wildman–Crippen LogP) is 3.32. The zero-order chi connectivity index (χ0) is 13.8. The van der Waals surface area contributed by atoms with Crippen molar-refractivity contribution in [1.29, 1.82) is 0 Å². The maximum absolute atomic E-state index is 14.0. The van der Waals surface area contributed by atoms with Gasteiger partial charge < -0.3 is 5.73 Å². The van der Waals surface area contributed by atoms with Gasteiger partial charge in [0, 0.05) is 18.5 Å². The van der Waals surface area contributed by atoms with E-state index in [4.69, 9.17) is 5.73 Å². The summed E-state index contributed by atoms with van der Waals surface area (Å²) in [6.07, 6.45) is 1.07. The molecule has 1 fully saturated rings. The summed E-state index contributed by atoms with van der Waals surface area (Å²) in [6, 6.07) is 6.74. The molecule has 1 atom stereocenters. The minimum atomic E-state index is -0.248. The van der Waals surface area contributed by atoms with Crippen LogP contribution in [0.25, 0.3) is 11.1 Å². The van der Waals surface area contributed by atoms with Gasteiger partial charge in [-0.2, -0.15) is 5.10 Å². The third-order valence-corrected chi connectivity index (χ3v) is 4.11. The van der Waals surface area contributed by atoms with Gasteiger partial charge in [0.25, 0.3) is 0 Å². The van der Waals surface area contributed by atoms with E-state index >= 15 is 0 Å². The van der Waals surface area contributed by atoms with Gasteiger partial charge in [0.15, 0.2) is 0 Å². The zero-order valence-electron chi connectivity index (χ0n) is 11.4. The molecule has 0 aliphatic heterocycles. The minimum Gasteiger partial charge on any atom is -0.383 e. The number of nitrogens with two attached hydrogens (primary N) is 1. The number of aryl methyl sites for hydroxylation is 1. The average Bonchev–Trinajstić information content (AvgIpc) is 2.88. The van der Waals surface area contributed by atoms with E-state index in [1.165, 1.54) is 6.07 Å². The van der Waals surface area contributed by atoms with Crippen LogP contribution in [0, 0.1) is 11.2 Å². The topological polar surface area (TPSA) is 43.8 Å². The highest BCUT2D eigenvalue weighted by Crippen LogP contribution is 2.60. The molecule has 0 radical (unpaired) electrons. The molecule has 1 aromatic carbocycles. The van der Waals surface area contributed by atoms with E-state index in [9.17, 15) is 4.39 Å². The van der Waals surface area contributed by atoms with Crippen molar-refractivity contribution >= 4 is 5.82 Å². The summed E-state index contributed by atoms with van der Waals surface area (Å²) in [6.45, 7) is 4.40. The summed E-state index contributed by atoms with van der Waals surface area (Å²) < 4.78 is 15.7. The Bertz CT molecular complexity index is 643. The van der Waals surface area contributed by atoms with Crippen molar-refractivity contribution in [1.82, 2.24) is 9.78 Å². The molecule has 1 heterocycles. The number of nitrogens with zero attached hydrogens (tertiary/aromatic N) is 2. The van der Waals surface area contributed by atoms with Crippen LogP contribution in [0.2, 0.25) is 0 Å². The van der Waals surface area contributed by atoms with Crippen LogP contribution < -0.4 is 5.73 Å². The molecule has 3 rings (SSSR count). The fourth-order valence-corrected chi connectivity index (χ4v) is 2.68. The van der Waals surface area contributed by atoms with E-state index in [2.05, 4.69) is 18.9 Å². The molecular weight excluding hydrogens is 241 g/mol. The molecule has 1 aliphatic carbocycles. The van der Waals surface area contributed by atoms with Gasteiger partial charge in [-0.3, -0.25) is 4.68 Å². The highest BCUT2D eigenvalue weighted by molar-refractivity contribution is 5.78. The second kappa shape index (κ2) is 3.83. The average molecular weight is 259 g/mol. The molecule has 0 saturated heterocycles. The van der Waals surface area contributed by atoms with Crippen molar-refractivity contribution in [2.24, 2.45) is 12.5 Å². The smallest absolute Gasteiger partial charge is 0.131 e. The first-order chi connectivity index (χ1) is 8.92. The Morgan fingerprint density at radius 2 is 2.00 bits per heavy atom. The van der Waals surface area contributed by atoms with Gasteiger partial charge in [0.1, 0.15) is 11.6 Å². The molecule has 100 valence electrons. The summed E-state index contributed by atoms with van der Waals surface area (Å²) in [4.78, 5) is 0. The van der Waals surface area contributed by atoms with Gasteiger partial charge in [-0.05, 0) is 17.9 Å². The number of hydrogen-bond donors (Lipinski definition) is 1.